The maximum Gasteiger partial charge on any atom is 0.221 e. The molecule has 0 unspecified atom stereocenters. The predicted molar refractivity (Wildman–Crippen MR) is 68.7 cm³/mol. The van der Waals surface area contributed by atoms with E-state index in [0.29, 0.717) is 6.42 Å². The monoisotopic (exact) mass is 239 g/mol. The van der Waals surface area contributed by atoms with Crippen molar-refractivity contribution in [3.8, 4) is 0 Å². The molecule has 0 saturated heterocycles. The van der Waals surface area contributed by atoms with Crippen LogP contribution in [0.2, 0.25) is 0 Å². The van der Waals surface area contributed by atoms with E-state index in [1.165, 1.54) is 25.7 Å². The first-order valence-electron chi connectivity index (χ1n) is 6.69. The Hall–Kier alpha value is -0.610. The molecular weight excluding hydrogens is 214 g/mol. The Morgan fingerprint density at radius 1 is 1.24 bits per heavy atom. The highest BCUT2D eigenvalue weighted by Crippen LogP contribution is 2.36. The number of carbonyl (C=O) groups excluding carboxylic acids is 1. The van der Waals surface area contributed by atoms with E-state index in [4.69, 9.17) is 5.73 Å². The van der Waals surface area contributed by atoms with Gasteiger partial charge in [0.25, 0.3) is 0 Å². The van der Waals surface area contributed by atoms with Crippen LogP contribution in [0.15, 0.2) is 0 Å². The highest BCUT2D eigenvalue weighted by Gasteiger charge is 2.40. The zero-order chi connectivity index (χ0) is 12.5. The maximum atomic E-state index is 11.9. The summed E-state index contributed by atoms with van der Waals surface area (Å²) in [6.07, 6.45) is 7.32. The lowest BCUT2D eigenvalue weighted by Crippen LogP contribution is -2.58. The Morgan fingerprint density at radius 2 is 1.82 bits per heavy atom. The van der Waals surface area contributed by atoms with Gasteiger partial charge in [-0.15, -0.1) is 0 Å². The molecule has 2 rings (SSSR count). The fraction of sp³-hybridized carbons (Fsp3) is 0.923. The van der Waals surface area contributed by atoms with Crippen molar-refractivity contribution >= 4 is 5.91 Å². The normalized spacial score (nSPS) is 24.9. The fourth-order valence-corrected chi connectivity index (χ4v) is 2.82. The van der Waals surface area contributed by atoms with Gasteiger partial charge in [0.15, 0.2) is 0 Å². The van der Waals surface area contributed by atoms with E-state index in [1.54, 1.807) is 0 Å². The van der Waals surface area contributed by atoms with Gasteiger partial charge in [0.05, 0.1) is 0 Å². The number of hydrogen-bond acceptors (Lipinski definition) is 3. The molecule has 0 bridgehead atoms. The second kappa shape index (κ2) is 4.58. The van der Waals surface area contributed by atoms with Crippen LogP contribution in [-0.4, -0.2) is 42.5 Å². The van der Waals surface area contributed by atoms with Gasteiger partial charge < -0.3 is 16.0 Å². The van der Waals surface area contributed by atoms with Gasteiger partial charge in [0.2, 0.25) is 5.91 Å². The van der Waals surface area contributed by atoms with Gasteiger partial charge in [-0.05, 0) is 52.6 Å². The van der Waals surface area contributed by atoms with Crippen LogP contribution in [0.4, 0.5) is 0 Å². The number of nitrogens with zero attached hydrogens (tertiary/aromatic N) is 1. The van der Waals surface area contributed by atoms with E-state index in [2.05, 4.69) is 24.3 Å². The summed E-state index contributed by atoms with van der Waals surface area (Å²) in [5.74, 6) is 0.125. The molecule has 0 aromatic rings. The summed E-state index contributed by atoms with van der Waals surface area (Å²) in [6.45, 7) is 0.773. The smallest absolute Gasteiger partial charge is 0.221 e. The zero-order valence-electron chi connectivity index (χ0n) is 11.1. The maximum absolute atomic E-state index is 11.9. The lowest BCUT2D eigenvalue weighted by atomic mass is 9.74. The molecule has 0 spiro atoms. The highest BCUT2D eigenvalue weighted by molar-refractivity contribution is 5.77. The molecule has 2 aliphatic carbocycles. The van der Waals surface area contributed by atoms with Gasteiger partial charge in [-0.25, -0.2) is 0 Å². The third kappa shape index (κ3) is 2.63. The van der Waals surface area contributed by atoms with Crippen molar-refractivity contribution < 1.29 is 4.79 Å². The van der Waals surface area contributed by atoms with Gasteiger partial charge in [-0.3, -0.25) is 4.79 Å². The predicted octanol–water partition coefficient (Wildman–Crippen LogP) is 0.858. The number of nitrogens with one attached hydrogen (secondary N) is 1. The molecule has 0 aromatic heterocycles. The van der Waals surface area contributed by atoms with Crippen molar-refractivity contribution in [3.05, 3.63) is 0 Å². The molecule has 98 valence electrons. The third-order valence-electron chi connectivity index (χ3n) is 4.71. The summed E-state index contributed by atoms with van der Waals surface area (Å²) in [4.78, 5) is 14.1. The Bertz CT molecular complexity index is 293. The van der Waals surface area contributed by atoms with Crippen LogP contribution in [0.25, 0.3) is 0 Å². The van der Waals surface area contributed by atoms with E-state index >= 15 is 0 Å². The summed E-state index contributed by atoms with van der Waals surface area (Å²) in [7, 11) is 4.20. The molecule has 0 aromatic carbocycles. The quantitative estimate of drug-likeness (QED) is 0.748. The molecule has 0 radical (unpaired) electrons. The molecule has 4 heteroatoms. The van der Waals surface area contributed by atoms with Gasteiger partial charge in [0.1, 0.15) is 0 Å². The van der Waals surface area contributed by atoms with Crippen LogP contribution in [0.3, 0.4) is 0 Å². The topological polar surface area (TPSA) is 58.4 Å². The number of nitrogens with two attached hydrogens (primary N) is 1. The average Bonchev–Trinajstić information content (AvgIpc) is 2.13. The van der Waals surface area contributed by atoms with Crippen LogP contribution < -0.4 is 11.1 Å². The van der Waals surface area contributed by atoms with Gasteiger partial charge in [-0.2, -0.15) is 0 Å². The molecule has 0 atom stereocenters. The first-order valence-corrected chi connectivity index (χ1v) is 6.69. The van der Waals surface area contributed by atoms with Gasteiger partial charge in [-0.1, -0.05) is 0 Å². The van der Waals surface area contributed by atoms with Crippen LogP contribution in [0.5, 0.6) is 0 Å². The van der Waals surface area contributed by atoms with E-state index in [0.717, 1.165) is 19.4 Å². The number of carbonyl (C=O) groups is 1. The van der Waals surface area contributed by atoms with Gasteiger partial charge >= 0.3 is 0 Å². The second-order valence-corrected chi connectivity index (χ2v) is 6.14. The van der Waals surface area contributed by atoms with Crippen molar-refractivity contribution in [1.29, 1.82) is 0 Å². The number of likely N-dealkylation sites (N-methyl/N-ethyl adjacent to an activating group) is 1. The van der Waals surface area contributed by atoms with Crippen molar-refractivity contribution in [3.63, 3.8) is 0 Å². The summed E-state index contributed by atoms with van der Waals surface area (Å²) in [6, 6.07) is 0. The molecular formula is C13H25N3O. The second-order valence-electron chi connectivity index (χ2n) is 6.14. The van der Waals surface area contributed by atoms with Gasteiger partial charge in [0, 0.05) is 24.0 Å². The summed E-state index contributed by atoms with van der Waals surface area (Å²) in [5, 5.41) is 3.07. The molecule has 17 heavy (non-hydrogen) atoms. The lowest BCUT2D eigenvalue weighted by Gasteiger charge is -2.47. The summed E-state index contributed by atoms with van der Waals surface area (Å²) in [5.41, 5.74) is 6.08. The van der Waals surface area contributed by atoms with Crippen molar-refractivity contribution in [2.24, 2.45) is 5.73 Å². The molecule has 2 fully saturated rings. The highest BCUT2D eigenvalue weighted by atomic mass is 16.1. The SMILES string of the molecule is CN(C)C1(CNC(=O)CC2(N)CCC2)CCC1. The first kappa shape index (κ1) is 12.8. The molecule has 4 nitrogen and oxygen atoms in total. The molecule has 0 aliphatic heterocycles. The fourth-order valence-electron chi connectivity index (χ4n) is 2.82. The number of hydrogen-bond donors (Lipinski definition) is 2. The van der Waals surface area contributed by atoms with E-state index in [9.17, 15) is 4.79 Å². The minimum Gasteiger partial charge on any atom is -0.354 e. The average molecular weight is 239 g/mol. The Morgan fingerprint density at radius 3 is 2.18 bits per heavy atom. The number of amides is 1. The Labute approximate surface area is 104 Å². The molecule has 2 aliphatic rings. The zero-order valence-corrected chi connectivity index (χ0v) is 11.1. The minimum absolute atomic E-state index is 0.125. The largest absolute Gasteiger partial charge is 0.354 e. The van der Waals surface area contributed by atoms with Crippen molar-refractivity contribution in [2.75, 3.05) is 20.6 Å². The molecule has 3 N–H and O–H groups in total. The summed E-state index contributed by atoms with van der Waals surface area (Å²) >= 11 is 0. The van der Waals surface area contributed by atoms with Crippen molar-refractivity contribution in [2.45, 2.75) is 56.0 Å². The van der Waals surface area contributed by atoms with Crippen LogP contribution in [-0.2, 0) is 4.79 Å². The Balaban J connectivity index is 1.75. The first-order chi connectivity index (χ1) is 7.96. The molecule has 0 heterocycles. The number of rotatable bonds is 5. The minimum atomic E-state index is -0.199. The van der Waals surface area contributed by atoms with E-state index in [1.807, 2.05) is 0 Å². The van der Waals surface area contributed by atoms with E-state index < -0.39 is 0 Å². The van der Waals surface area contributed by atoms with E-state index in [-0.39, 0.29) is 17.0 Å². The standard InChI is InChI=1S/C13H25N3O/c1-16(2)13(7-4-8-13)10-15-11(17)9-12(14)5-3-6-12/h3-10,14H2,1-2H3,(H,15,17). The molecule has 1 amide bonds. The van der Waals surface area contributed by atoms with Crippen LogP contribution >= 0.6 is 0 Å². The van der Waals surface area contributed by atoms with Crippen LogP contribution in [0.1, 0.15) is 44.9 Å². The lowest BCUT2D eigenvalue weighted by molar-refractivity contribution is -0.124. The summed E-state index contributed by atoms with van der Waals surface area (Å²) < 4.78 is 0. The molecule has 2 saturated carbocycles. The Kier molecular flexibility index (Phi) is 3.46. The third-order valence-corrected chi connectivity index (χ3v) is 4.71. The van der Waals surface area contributed by atoms with Crippen LogP contribution in [0, 0.1) is 0 Å². The van der Waals surface area contributed by atoms with Crippen molar-refractivity contribution in [1.82, 2.24) is 10.2 Å².